The van der Waals surface area contributed by atoms with Gasteiger partial charge in [0.25, 0.3) is 0 Å². The van der Waals surface area contributed by atoms with Crippen molar-refractivity contribution in [2.24, 2.45) is 0 Å². The van der Waals surface area contributed by atoms with Crippen LogP contribution in [0.1, 0.15) is 16.7 Å². The number of oxazole rings is 1. The summed E-state index contributed by atoms with van der Waals surface area (Å²) in [5.74, 6) is 1.12. The van der Waals surface area contributed by atoms with Crippen molar-refractivity contribution in [3.05, 3.63) is 69.8 Å². The van der Waals surface area contributed by atoms with Gasteiger partial charge >= 0.3 is 5.76 Å². The van der Waals surface area contributed by atoms with E-state index in [1.54, 1.807) is 13.3 Å². The van der Waals surface area contributed by atoms with Gasteiger partial charge in [-0.3, -0.25) is 5.43 Å². The highest BCUT2D eigenvalue weighted by Gasteiger charge is 2.13. The number of ether oxygens (including phenoxy) is 1. The van der Waals surface area contributed by atoms with Crippen LogP contribution in [0.2, 0.25) is 0 Å². The SMILES string of the molecule is COc1cc(C)cc(Nc2ncc(C)c(Nn3c(=O)oc4c(C)cccc43)n2)c1. The highest BCUT2D eigenvalue weighted by atomic mass is 16.5. The number of methoxy groups -OCH3 is 1. The van der Waals surface area contributed by atoms with Crippen LogP contribution in [-0.4, -0.2) is 21.8 Å². The molecule has 29 heavy (non-hydrogen) atoms. The summed E-state index contributed by atoms with van der Waals surface area (Å²) in [6.45, 7) is 5.74. The summed E-state index contributed by atoms with van der Waals surface area (Å²) in [6.07, 6.45) is 1.68. The van der Waals surface area contributed by atoms with Gasteiger partial charge in [-0.05, 0) is 50.1 Å². The molecule has 148 valence electrons. The molecule has 4 rings (SSSR count). The van der Waals surface area contributed by atoms with E-state index < -0.39 is 5.76 Å². The van der Waals surface area contributed by atoms with Crippen LogP contribution in [-0.2, 0) is 0 Å². The number of benzene rings is 2. The Balaban J connectivity index is 1.68. The molecule has 8 nitrogen and oxygen atoms in total. The maximum atomic E-state index is 12.4. The lowest BCUT2D eigenvalue weighted by atomic mass is 10.2. The molecule has 2 N–H and O–H groups in total. The fraction of sp³-hybridized carbons (Fsp3) is 0.190. The molecule has 0 fully saturated rings. The number of para-hydroxylation sites is 1. The standard InChI is InChI=1S/C21H21N5O3/c1-12-8-15(10-16(9-12)28-4)23-20-22-11-14(3)19(24-20)25-26-17-7-5-6-13(2)18(17)29-21(26)27/h5-11H,1-4H3,(H2,22,23,24,25). The van der Waals surface area contributed by atoms with E-state index in [4.69, 9.17) is 9.15 Å². The van der Waals surface area contributed by atoms with Gasteiger partial charge in [0.2, 0.25) is 5.95 Å². The zero-order valence-electron chi connectivity index (χ0n) is 16.6. The molecule has 2 aromatic carbocycles. The monoisotopic (exact) mass is 391 g/mol. The summed E-state index contributed by atoms with van der Waals surface area (Å²) in [7, 11) is 1.62. The maximum absolute atomic E-state index is 12.4. The highest BCUT2D eigenvalue weighted by Crippen LogP contribution is 2.24. The minimum atomic E-state index is -0.509. The topological polar surface area (TPSA) is 94.2 Å². The number of anilines is 3. The first kappa shape index (κ1) is 18.5. The van der Waals surface area contributed by atoms with Crippen LogP contribution in [0.15, 0.2) is 51.8 Å². The van der Waals surface area contributed by atoms with Gasteiger partial charge in [-0.15, -0.1) is 0 Å². The number of fused-ring (bicyclic) bond motifs is 1. The van der Waals surface area contributed by atoms with E-state index in [2.05, 4.69) is 20.7 Å². The molecule has 0 bridgehead atoms. The summed E-state index contributed by atoms with van der Waals surface area (Å²) in [4.78, 5) is 21.2. The van der Waals surface area contributed by atoms with E-state index in [1.165, 1.54) is 4.68 Å². The summed E-state index contributed by atoms with van der Waals surface area (Å²) >= 11 is 0. The molecular formula is C21H21N5O3. The first-order valence-electron chi connectivity index (χ1n) is 9.09. The second-order valence-electron chi connectivity index (χ2n) is 6.83. The van der Waals surface area contributed by atoms with E-state index in [9.17, 15) is 4.79 Å². The number of hydrogen-bond donors (Lipinski definition) is 2. The quantitative estimate of drug-likeness (QED) is 0.532. The number of nitrogens with one attached hydrogen (secondary N) is 2. The predicted octanol–water partition coefficient (Wildman–Crippen LogP) is 3.94. The molecule has 2 aromatic heterocycles. The fourth-order valence-corrected chi connectivity index (χ4v) is 3.07. The zero-order valence-corrected chi connectivity index (χ0v) is 16.6. The van der Waals surface area contributed by atoms with Gasteiger partial charge in [0, 0.05) is 23.5 Å². The lowest BCUT2D eigenvalue weighted by molar-refractivity contribution is 0.414. The molecule has 0 unspecified atom stereocenters. The smallest absolute Gasteiger partial charge is 0.439 e. The van der Waals surface area contributed by atoms with Crippen LogP contribution in [0.25, 0.3) is 11.1 Å². The van der Waals surface area contributed by atoms with E-state index in [1.807, 2.05) is 57.2 Å². The van der Waals surface area contributed by atoms with Gasteiger partial charge in [0.1, 0.15) is 11.3 Å². The molecule has 0 atom stereocenters. The van der Waals surface area contributed by atoms with E-state index in [-0.39, 0.29) is 0 Å². The number of aromatic nitrogens is 3. The van der Waals surface area contributed by atoms with Crippen LogP contribution >= 0.6 is 0 Å². The second-order valence-corrected chi connectivity index (χ2v) is 6.83. The second kappa shape index (κ2) is 7.31. The van der Waals surface area contributed by atoms with Gasteiger partial charge in [-0.25, -0.2) is 9.78 Å². The molecule has 8 heteroatoms. The molecule has 2 heterocycles. The minimum absolute atomic E-state index is 0.391. The summed E-state index contributed by atoms with van der Waals surface area (Å²) in [5.41, 5.74) is 7.75. The van der Waals surface area contributed by atoms with Gasteiger partial charge < -0.3 is 14.5 Å². The average Bonchev–Trinajstić information content (AvgIpc) is 3.01. The average molecular weight is 391 g/mol. The van der Waals surface area contributed by atoms with Crippen molar-refractivity contribution in [1.82, 2.24) is 14.6 Å². The molecule has 0 aliphatic carbocycles. The molecular weight excluding hydrogens is 370 g/mol. The number of aryl methyl sites for hydroxylation is 3. The number of nitrogens with zero attached hydrogens (tertiary/aromatic N) is 3. The fourth-order valence-electron chi connectivity index (χ4n) is 3.07. The van der Waals surface area contributed by atoms with Crippen molar-refractivity contribution in [1.29, 1.82) is 0 Å². The van der Waals surface area contributed by atoms with Crippen LogP contribution in [0, 0.1) is 20.8 Å². The molecule has 0 aliphatic rings. The Hall–Kier alpha value is -3.81. The predicted molar refractivity (Wildman–Crippen MR) is 112 cm³/mol. The molecule has 0 saturated carbocycles. The Morgan fingerprint density at radius 2 is 1.93 bits per heavy atom. The molecule has 0 aliphatic heterocycles. The summed E-state index contributed by atoms with van der Waals surface area (Å²) in [5, 5.41) is 3.17. The molecule has 4 aromatic rings. The number of rotatable bonds is 5. The lowest BCUT2D eigenvalue weighted by Gasteiger charge is -2.12. The third-order valence-corrected chi connectivity index (χ3v) is 4.54. The highest BCUT2D eigenvalue weighted by molar-refractivity contribution is 5.77. The summed E-state index contributed by atoms with van der Waals surface area (Å²) < 4.78 is 12.0. The zero-order chi connectivity index (χ0) is 20.5. The molecule has 0 radical (unpaired) electrons. The normalized spacial score (nSPS) is 10.9. The molecule has 0 saturated heterocycles. The first-order chi connectivity index (χ1) is 13.9. The van der Waals surface area contributed by atoms with Crippen molar-refractivity contribution >= 4 is 28.6 Å². The maximum Gasteiger partial charge on any atom is 0.439 e. The Morgan fingerprint density at radius 1 is 1.10 bits per heavy atom. The lowest BCUT2D eigenvalue weighted by Crippen LogP contribution is -2.23. The van der Waals surface area contributed by atoms with Crippen molar-refractivity contribution in [2.45, 2.75) is 20.8 Å². The van der Waals surface area contributed by atoms with E-state index in [0.717, 1.165) is 28.1 Å². The minimum Gasteiger partial charge on any atom is -0.497 e. The Kier molecular flexibility index (Phi) is 4.67. The third-order valence-electron chi connectivity index (χ3n) is 4.54. The molecule has 0 amide bonds. The van der Waals surface area contributed by atoms with Crippen molar-refractivity contribution in [3.63, 3.8) is 0 Å². The number of hydrogen-bond acceptors (Lipinski definition) is 7. The van der Waals surface area contributed by atoms with Crippen molar-refractivity contribution in [3.8, 4) is 5.75 Å². The van der Waals surface area contributed by atoms with Gasteiger partial charge in [0.15, 0.2) is 11.4 Å². The first-order valence-corrected chi connectivity index (χ1v) is 9.09. The van der Waals surface area contributed by atoms with E-state index >= 15 is 0 Å². The van der Waals surface area contributed by atoms with Gasteiger partial charge in [-0.2, -0.15) is 9.66 Å². The third kappa shape index (κ3) is 3.64. The van der Waals surface area contributed by atoms with Crippen LogP contribution < -0.4 is 21.2 Å². The Bertz CT molecular complexity index is 1260. The van der Waals surface area contributed by atoms with Crippen molar-refractivity contribution in [2.75, 3.05) is 17.9 Å². The van der Waals surface area contributed by atoms with Crippen LogP contribution in [0.4, 0.5) is 17.5 Å². The van der Waals surface area contributed by atoms with Crippen molar-refractivity contribution < 1.29 is 9.15 Å². The van der Waals surface area contributed by atoms with Gasteiger partial charge in [-0.1, -0.05) is 12.1 Å². The van der Waals surface area contributed by atoms with Crippen LogP contribution in [0.5, 0.6) is 5.75 Å². The Morgan fingerprint density at radius 3 is 2.72 bits per heavy atom. The van der Waals surface area contributed by atoms with Gasteiger partial charge in [0.05, 0.1) is 7.11 Å². The molecule has 0 spiro atoms. The largest absolute Gasteiger partial charge is 0.497 e. The van der Waals surface area contributed by atoms with E-state index in [0.29, 0.717) is 22.9 Å². The summed E-state index contributed by atoms with van der Waals surface area (Å²) in [6, 6.07) is 11.3. The Labute approximate surface area is 167 Å². The van der Waals surface area contributed by atoms with Crippen LogP contribution in [0.3, 0.4) is 0 Å².